The van der Waals surface area contributed by atoms with E-state index in [0.717, 1.165) is 16.7 Å². The van der Waals surface area contributed by atoms with E-state index >= 15 is 0 Å². The molecule has 5 heteroatoms. The summed E-state index contributed by atoms with van der Waals surface area (Å²) in [4.78, 5) is 28.4. The number of amides is 2. The molecular formula is C23H21N3O2. The maximum atomic E-state index is 12.2. The van der Waals surface area contributed by atoms with Crippen molar-refractivity contribution in [2.45, 2.75) is 13.5 Å². The number of pyridine rings is 1. The molecule has 0 radical (unpaired) electrons. The van der Waals surface area contributed by atoms with Gasteiger partial charge < -0.3 is 10.6 Å². The first kappa shape index (κ1) is 19.0. The Kier molecular flexibility index (Phi) is 6.31. The molecule has 1 heterocycles. The largest absolute Gasteiger partial charge is 0.348 e. The fraction of sp³-hybridized carbons (Fsp3) is 0.0870. The molecule has 0 aliphatic carbocycles. The van der Waals surface area contributed by atoms with E-state index in [2.05, 4.69) is 15.6 Å². The van der Waals surface area contributed by atoms with E-state index in [9.17, 15) is 9.59 Å². The molecule has 2 amide bonds. The lowest BCUT2D eigenvalue weighted by Crippen LogP contribution is -2.22. The zero-order chi connectivity index (χ0) is 19.8. The third-order valence-electron chi connectivity index (χ3n) is 4.16. The van der Waals surface area contributed by atoms with Crippen molar-refractivity contribution in [3.63, 3.8) is 0 Å². The average Bonchev–Trinajstić information content (AvgIpc) is 2.74. The van der Waals surface area contributed by atoms with Gasteiger partial charge in [-0.25, -0.2) is 0 Å². The van der Waals surface area contributed by atoms with Crippen LogP contribution in [-0.2, 0) is 11.3 Å². The molecule has 2 aromatic carbocycles. The third kappa shape index (κ3) is 5.38. The van der Waals surface area contributed by atoms with Gasteiger partial charge in [-0.05, 0) is 54.0 Å². The summed E-state index contributed by atoms with van der Waals surface area (Å²) in [6.45, 7) is 2.30. The number of nitrogens with one attached hydrogen (secondary N) is 2. The molecule has 140 valence electrons. The van der Waals surface area contributed by atoms with E-state index < -0.39 is 0 Å². The molecule has 0 saturated carbocycles. The van der Waals surface area contributed by atoms with E-state index in [1.807, 2.05) is 55.5 Å². The second-order valence-electron chi connectivity index (χ2n) is 6.31. The van der Waals surface area contributed by atoms with Crippen molar-refractivity contribution in [3.8, 4) is 0 Å². The van der Waals surface area contributed by atoms with Gasteiger partial charge in [0.1, 0.15) is 0 Å². The van der Waals surface area contributed by atoms with Crippen molar-refractivity contribution in [2.75, 3.05) is 5.32 Å². The van der Waals surface area contributed by atoms with Crippen molar-refractivity contribution >= 4 is 23.6 Å². The van der Waals surface area contributed by atoms with Crippen LogP contribution in [0.3, 0.4) is 0 Å². The Morgan fingerprint density at radius 1 is 1.04 bits per heavy atom. The molecule has 0 aliphatic heterocycles. The summed E-state index contributed by atoms with van der Waals surface area (Å²) in [5, 5.41) is 5.77. The van der Waals surface area contributed by atoms with E-state index in [-0.39, 0.29) is 11.8 Å². The van der Waals surface area contributed by atoms with Gasteiger partial charge in [0.05, 0.1) is 0 Å². The number of hydrogen-bond donors (Lipinski definition) is 2. The Labute approximate surface area is 164 Å². The highest BCUT2D eigenvalue weighted by Crippen LogP contribution is 2.17. The highest BCUT2D eigenvalue weighted by molar-refractivity contribution is 6.02. The third-order valence-corrected chi connectivity index (χ3v) is 4.16. The monoisotopic (exact) mass is 371 g/mol. The smallest absolute Gasteiger partial charge is 0.251 e. The van der Waals surface area contributed by atoms with Crippen LogP contribution in [0.4, 0.5) is 5.69 Å². The Hall–Kier alpha value is -3.73. The highest BCUT2D eigenvalue weighted by atomic mass is 16.2. The van der Waals surface area contributed by atoms with Crippen molar-refractivity contribution in [1.29, 1.82) is 0 Å². The van der Waals surface area contributed by atoms with Crippen LogP contribution in [0, 0.1) is 6.92 Å². The zero-order valence-electron chi connectivity index (χ0n) is 15.6. The van der Waals surface area contributed by atoms with Crippen LogP contribution in [0.5, 0.6) is 0 Å². The van der Waals surface area contributed by atoms with Gasteiger partial charge in [-0.3, -0.25) is 14.6 Å². The topological polar surface area (TPSA) is 71.1 Å². The summed E-state index contributed by atoms with van der Waals surface area (Å²) in [6.07, 6.45) is 6.55. The molecule has 1 aromatic heterocycles. The number of rotatable bonds is 6. The Morgan fingerprint density at radius 3 is 2.61 bits per heavy atom. The van der Waals surface area contributed by atoms with Gasteiger partial charge in [0.15, 0.2) is 0 Å². The van der Waals surface area contributed by atoms with Crippen molar-refractivity contribution in [1.82, 2.24) is 10.3 Å². The molecule has 0 aliphatic rings. The maximum Gasteiger partial charge on any atom is 0.251 e. The van der Waals surface area contributed by atoms with Crippen molar-refractivity contribution in [2.24, 2.45) is 0 Å². The van der Waals surface area contributed by atoms with Crippen molar-refractivity contribution < 1.29 is 9.59 Å². The van der Waals surface area contributed by atoms with E-state index in [0.29, 0.717) is 17.8 Å². The standard InChI is InChI=1S/C23H21N3O2/c1-17-9-10-19(16-25-23(28)20-7-3-2-4-8-20)14-21(17)26-22(27)12-11-18-6-5-13-24-15-18/h2-15H,16H2,1H3,(H,25,28)(H,26,27)/b12-11+. The minimum absolute atomic E-state index is 0.133. The predicted molar refractivity (Wildman–Crippen MR) is 111 cm³/mol. The first-order valence-electron chi connectivity index (χ1n) is 8.94. The number of benzene rings is 2. The zero-order valence-corrected chi connectivity index (χ0v) is 15.6. The number of aryl methyl sites for hydroxylation is 1. The summed E-state index contributed by atoms with van der Waals surface area (Å²) in [5.41, 5.74) is 4.03. The second-order valence-corrected chi connectivity index (χ2v) is 6.31. The number of aromatic nitrogens is 1. The number of anilines is 1. The molecule has 0 fully saturated rings. The molecule has 0 unspecified atom stereocenters. The van der Waals surface area contributed by atoms with Crippen LogP contribution in [0.25, 0.3) is 6.08 Å². The van der Waals surface area contributed by atoms with Crippen LogP contribution in [0.1, 0.15) is 27.0 Å². The molecule has 0 atom stereocenters. The number of nitrogens with zero attached hydrogens (tertiary/aromatic N) is 1. The average molecular weight is 371 g/mol. The Morgan fingerprint density at radius 2 is 1.86 bits per heavy atom. The normalized spacial score (nSPS) is 10.6. The Bertz CT molecular complexity index is 983. The number of carbonyl (C=O) groups excluding carboxylic acids is 2. The molecule has 5 nitrogen and oxygen atoms in total. The molecule has 0 bridgehead atoms. The lowest BCUT2D eigenvalue weighted by molar-refractivity contribution is -0.111. The van der Waals surface area contributed by atoms with Gasteiger partial charge in [-0.1, -0.05) is 36.4 Å². The maximum absolute atomic E-state index is 12.2. The van der Waals surface area contributed by atoms with Gasteiger partial charge in [-0.2, -0.15) is 0 Å². The van der Waals surface area contributed by atoms with Crippen LogP contribution >= 0.6 is 0 Å². The van der Waals surface area contributed by atoms with Gasteiger partial charge in [0.2, 0.25) is 5.91 Å². The number of hydrogen-bond acceptors (Lipinski definition) is 3. The number of carbonyl (C=O) groups is 2. The second kappa shape index (κ2) is 9.28. The summed E-state index contributed by atoms with van der Waals surface area (Å²) < 4.78 is 0. The summed E-state index contributed by atoms with van der Waals surface area (Å²) in [7, 11) is 0. The van der Waals surface area contributed by atoms with Gasteiger partial charge in [-0.15, -0.1) is 0 Å². The minimum Gasteiger partial charge on any atom is -0.348 e. The van der Waals surface area contributed by atoms with Gasteiger partial charge in [0.25, 0.3) is 5.91 Å². The highest BCUT2D eigenvalue weighted by Gasteiger charge is 2.07. The summed E-state index contributed by atoms with van der Waals surface area (Å²) >= 11 is 0. The molecule has 2 N–H and O–H groups in total. The van der Waals surface area contributed by atoms with Crippen LogP contribution in [0.2, 0.25) is 0 Å². The first-order valence-corrected chi connectivity index (χ1v) is 8.94. The minimum atomic E-state index is -0.225. The van der Waals surface area contributed by atoms with Gasteiger partial charge >= 0.3 is 0 Å². The fourth-order valence-electron chi connectivity index (χ4n) is 2.61. The van der Waals surface area contributed by atoms with E-state index in [1.165, 1.54) is 6.08 Å². The Balaban J connectivity index is 1.62. The summed E-state index contributed by atoms with van der Waals surface area (Å²) in [5.74, 6) is -0.358. The SMILES string of the molecule is Cc1ccc(CNC(=O)c2ccccc2)cc1NC(=O)/C=C/c1cccnc1. The molecule has 0 saturated heterocycles. The molecule has 3 rings (SSSR count). The molecular weight excluding hydrogens is 350 g/mol. The molecule has 0 spiro atoms. The first-order chi connectivity index (χ1) is 13.6. The van der Waals surface area contributed by atoms with E-state index in [4.69, 9.17) is 0 Å². The fourth-order valence-corrected chi connectivity index (χ4v) is 2.61. The molecule has 3 aromatic rings. The van der Waals surface area contributed by atoms with Crippen LogP contribution < -0.4 is 10.6 Å². The quantitative estimate of drug-likeness (QED) is 0.644. The van der Waals surface area contributed by atoms with E-state index in [1.54, 1.807) is 30.6 Å². The lowest BCUT2D eigenvalue weighted by Gasteiger charge is -2.10. The van der Waals surface area contributed by atoms with Crippen molar-refractivity contribution in [3.05, 3.63) is 101 Å². The molecule has 28 heavy (non-hydrogen) atoms. The lowest BCUT2D eigenvalue weighted by atomic mass is 10.1. The van der Waals surface area contributed by atoms with Crippen LogP contribution in [-0.4, -0.2) is 16.8 Å². The predicted octanol–water partition coefficient (Wildman–Crippen LogP) is 3.97. The van der Waals surface area contributed by atoms with Crippen LogP contribution in [0.15, 0.2) is 79.1 Å². The van der Waals surface area contributed by atoms with Gasteiger partial charge in [0, 0.05) is 36.3 Å². The summed E-state index contributed by atoms with van der Waals surface area (Å²) in [6, 6.07) is 18.5.